The van der Waals surface area contributed by atoms with Crippen LogP contribution in [0.15, 0.2) is 0 Å². The molecule has 0 aliphatic heterocycles. The molecular formula is C10H15N6Na3O2. The fourth-order valence-corrected chi connectivity index (χ4v) is 1.11. The summed E-state index contributed by atoms with van der Waals surface area (Å²) in [6, 6.07) is 0. The number of hydrogen-bond donors (Lipinski definition) is 3. The summed E-state index contributed by atoms with van der Waals surface area (Å²) in [6.07, 6.45) is -0.123. The molecule has 11 heteroatoms. The number of carbonyl (C=O) groups is 1. The van der Waals surface area contributed by atoms with Crippen molar-refractivity contribution in [3.63, 3.8) is 0 Å². The van der Waals surface area contributed by atoms with Crippen LogP contribution < -0.4 is 110 Å². The molecule has 0 saturated carbocycles. The summed E-state index contributed by atoms with van der Waals surface area (Å²) < 4.78 is 0. The van der Waals surface area contributed by atoms with Gasteiger partial charge < -0.3 is 39.7 Å². The van der Waals surface area contributed by atoms with E-state index in [0.717, 1.165) is 0 Å². The van der Waals surface area contributed by atoms with E-state index in [1.807, 2.05) is 0 Å². The molecular weight excluding hydrogens is 305 g/mol. The van der Waals surface area contributed by atoms with Crippen molar-refractivity contribution >= 4 is 23.8 Å². The van der Waals surface area contributed by atoms with E-state index in [4.69, 9.17) is 0 Å². The summed E-state index contributed by atoms with van der Waals surface area (Å²) in [5.41, 5.74) is 0. The number of carboxylic acid groups (broad SMARTS) is 1. The van der Waals surface area contributed by atoms with E-state index in [2.05, 4.69) is 44.7 Å². The van der Waals surface area contributed by atoms with Gasteiger partial charge in [-0.05, 0) is 0 Å². The second kappa shape index (κ2) is 15.8. The molecule has 0 bridgehead atoms. The Morgan fingerprint density at radius 3 is 1.62 bits per heavy atom. The third kappa shape index (κ3) is 12.0. The Morgan fingerprint density at radius 2 is 1.29 bits per heavy atom. The largest absolute Gasteiger partial charge is 1.00 e. The molecule has 0 spiro atoms. The normalized spacial score (nSPS) is 8.48. The molecule has 0 aromatic carbocycles. The van der Waals surface area contributed by atoms with Gasteiger partial charge in [0, 0.05) is 18.9 Å². The molecule has 0 atom stereocenters. The number of rotatable bonds is 8. The SMILES string of the molecule is [CH2-]CNc1nc(NC[CH2-])nc(NCCC(=O)[O-])n1.[Na+].[Na+].[Na+]. The van der Waals surface area contributed by atoms with E-state index >= 15 is 0 Å². The zero-order chi connectivity index (χ0) is 13.4. The van der Waals surface area contributed by atoms with E-state index < -0.39 is 5.97 Å². The van der Waals surface area contributed by atoms with Crippen molar-refractivity contribution in [2.45, 2.75) is 6.42 Å². The van der Waals surface area contributed by atoms with Crippen molar-refractivity contribution in [3.05, 3.63) is 13.8 Å². The Kier molecular flexibility index (Phi) is 20.1. The minimum Gasteiger partial charge on any atom is -0.550 e. The second-order valence-electron chi connectivity index (χ2n) is 3.21. The number of aliphatic carboxylic acids is 1. The van der Waals surface area contributed by atoms with Crippen LogP contribution in [0.25, 0.3) is 0 Å². The number of nitrogens with one attached hydrogen (secondary N) is 3. The van der Waals surface area contributed by atoms with Crippen molar-refractivity contribution in [2.24, 2.45) is 0 Å². The average molecular weight is 320 g/mol. The zero-order valence-corrected chi connectivity index (χ0v) is 18.9. The number of aromatic nitrogens is 3. The van der Waals surface area contributed by atoms with Crippen LogP contribution in [0.1, 0.15) is 6.42 Å². The monoisotopic (exact) mass is 320 g/mol. The fraction of sp³-hybridized carbons (Fsp3) is 0.400. The third-order valence-corrected chi connectivity index (χ3v) is 1.81. The summed E-state index contributed by atoms with van der Waals surface area (Å²) in [4.78, 5) is 22.4. The molecule has 3 N–H and O–H groups in total. The summed E-state index contributed by atoms with van der Waals surface area (Å²) in [5, 5.41) is 18.7. The molecule has 0 unspecified atom stereocenters. The van der Waals surface area contributed by atoms with Gasteiger partial charge in [-0.1, -0.05) is 0 Å². The summed E-state index contributed by atoms with van der Waals surface area (Å²) in [6.45, 7) is 8.27. The smallest absolute Gasteiger partial charge is 0.550 e. The van der Waals surface area contributed by atoms with Gasteiger partial charge in [-0.15, -0.1) is 13.1 Å². The molecule has 1 heterocycles. The number of carboxylic acids is 1. The standard InChI is InChI=1S/C10H16N6O2.3Na/c1-3-11-8-14-9(12-4-2)16-10(15-8)13-6-5-7(17)18;;;/h1-6H2,(H,17,18)(H3,11,12,13,14,15,16);;;/q-2;3*+1/p-1. The van der Waals surface area contributed by atoms with Crippen LogP contribution in [0.2, 0.25) is 0 Å². The van der Waals surface area contributed by atoms with Crippen LogP contribution in [-0.4, -0.2) is 40.6 Å². The quantitative estimate of drug-likeness (QED) is 0.320. The van der Waals surface area contributed by atoms with Crippen molar-refractivity contribution in [3.8, 4) is 0 Å². The fourth-order valence-electron chi connectivity index (χ4n) is 1.11. The molecule has 0 aliphatic carbocycles. The molecule has 0 aliphatic rings. The number of anilines is 3. The first-order valence-electron chi connectivity index (χ1n) is 5.41. The summed E-state index contributed by atoms with van der Waals surface area (Å²) in [7, 11) is 0. The number of hydrogen-bond acceptors (Lipinski definition) is 8. The minimum atomic E-state index is -1.14. The summed E-state index contributed by atoms with van der Waals surface area (Å²) >= 11 is 0. The van der Waals surface area contributed by atoms with Crippen LogP contribution in [0, 0.1) is 13.8 Å². The Labute approximate surface area is 190 Å². The van der Waals surface area contributed by atoms with Gasteiger partial charge in [0.05, 0.1) is 0 Å². The van der Waals surface area contributed by atoms with E-state index in [9.17, 15) is 9.90 Å². The van der Waals surface area contributed by atoms with Gasteiger partial charge in [0.25, 0.3) is 0 Å². The predicted molar refractivity (Wildman–Crippen MR) is 65.6 cm³/mol. The van der Waals surface area contributed by atoms with Crippen LogP contribution in [-0.2, 0) is 4.79 Å². The molecule has 0 saturated heterocycles. The van der Waals surface area contributed by atoms with Crippen molar-refractivity contribution in [2.75, 3.05) is 35.6 Å². The van der Waals surface area contributed by atoms with Gasteiger partial charge in [-0.25, -0.2) is 0 Å². The summed E-state index contributed by atoms with van der Waals surface area (Å²) in [5.74, 6) is -0.152. The van der Waals surface area contributed by atoms with Crippen LogP contribution in [0.3, 0.4) is 0 Å². The molecule has 0 fully saturated rings. The van der Waals surface area contributed by atoms with Crippen molar-refractivity contribution in [1.82, 2.24) is 15.0 Å². The van der Waals surface area contributed by atoms with E-state index in [0.29, 0.717) is 25.0 Å². The number of carbonyl (C=O) groups excluding carboxylic acids is 1. The molecule has 8 nitrogen and oxygen atoms in total. The third-order valence-electron chi connectivity index (χ3n) is 1.81. The molecule has 100 valence electrons. The molecule has 1 rings (SSSR count). The van der Waals surface area contributed by atoms with E-state index in [1.165, 1.54) is 0 Å². The van der Waals surface area contributed by atoms with Crippen LogP contribution in [0.4, 0.5) is 17.8 Å². The first-order chi connectivity index (χ1) is 8.65. The Hall–Kier alpha value is 0.880. The minimum absolute atomic E-state index is 0. The van der Waals surface area contributed by atoms with Crippen molar-refractivity contribution in [1.29, 1.82) is 0 Å². The molecule has 0 amide bonds. The Morgan fingerprint density at radius 1 is 0.905 bits per heavy atom. The van der Waals surface area contributed by atoms with Crippen molar-refractivity contribution < 1.29 is 98.6 Å². The van der Waals surface area contributed by atoms with Gasteiger partial charge >= 0.3 is 88.7 Å². The number of nitrogens with zero attached hydrogens (tertiary/aromatic N) is 3. The van der Waals surface area contributed by atoms with Gasteiger partial charge in [0.2, 0.25) is 17.8 Å². The molecule has 21 heavy (non-hydrogen) atoms. The maximum Gasteiger partial charge on any atom is 1.00 e. The van der Waals surface area contributed by atoms with E-state index in [-0.39, 0.29) is 108 Å². The predicted octanol–water partition coefficient (Wildman–Crippen LogP) is -10.1. The first-order valence-corrected chi connectivity index (χ1v) is 5.41. The molecule has 1 aromatic heterocycles. The van der Waals surface area contributed by atoms with Crippen LogP contribution >= 0.6 is 0 Å². The molecule has 1 aromatic rings. The topological polar surface area (TPSA) is 115 Å². The maximum absolute atomic E-state index is 10.3. The first kappa shape index (κ1) is 26.8. The van der Waals surface area contributed by atoms with Gasteiger partial charge in [0.1, 0.15) is 0 Å². The van der Waals surface area contributed by atoms with Gasteiger partial charge in [-0.3, -0.25) is 0 Å². The molecule has 0 radical (unpaired) electrons. The van der Waals surface area contributed by atoms with Gasteiger partial charge in [0.15, 0.2) is 0 Å². The Bertz CT molecular complexity index is 386. The van der Waals surface area contributed by atoms with Gasteiger partial charge in [-0.2, -0.15) is 15.0 Å². The zero-order valence-electron chi connectivity index (χ0n) is 12.9. The van der Waals surface area contributed by atoms with Crippen LogP contribution in [0.5, 0.6) is 0 Å². The Balaban J connectivity index is -0.00000108. The second-order valence-corrected chi connectivity index (χ2v) is 3.21. The maximum atomic E-state index is 10.3. The average Bonchev–Trinajstić information content (AvgIpc) is 2.29. The van der Waals surface area contributed by atoms with E-state index in [1.54, 1.807) is 0 Å².